The topological polar surface area (TPSA) is 38.4 Å². The summed E-state index contributed by atoms with van der Waals surface area (Å²) in [6.07, 6.45) is 6.08. The predicted octanol–water partition coefficient (Wildman–Crippen LogP) is 2.05. The second-order valence-electron chi connectivity index (χ2n) is 3.56. The molecule has 0 aromatic heterocycles. The molecule has 1 heterocycles. The number of benzene rings is 1. The third kappa shape index (κ3) is 0.940. The molecule has 14 heavy (non-hydrogen) atoms. The average Bonchev–Trinajstić information content (AvgIpc) is 2.56. The molecule has 1 unspecified atom stereocenters. The fraction of sp³-hybridized carbons (Fsp3) is 0.0833. The van der Waals surface area contributed by atoms with Gasteiger partial charge in [-0.3, -0.25) is 4.99 Å². The molecule has 2 heteroatoms. The van der Waals surface area contributed by atoms with E-state index in [1.807, 2.05) is 24.3 Å². The van der Waals surface area contributed by atoms with Crippen LogP contribution in [0.2, 0.25) is 0 Å². The van der Waals surface area contributed by atoms with Gasteiger partial charge in [-0.2, -0.15) is 0 Å². The van der Waals surface area contributed by atoms with Crippen LogP contribution in [0, 0.1) is 0 Å². The van der Waals surface area contributed by atoms with Gasteiger partial charge in [0.1, 0.15) is 11.9 Å². The van der Waals surface area contributed by atoms with Crippen LogP contribution in [0.1, 0.15) is 17.2 Å². The monoisotopic (exact) mass is 182 g/mol. The second-order valence-corrected chi connectivity index (χ2v) is 3.56. The van der Waals surface area contributed by atoms with Gasteiger partial charge in [0, 0.05) is 0 Å². The van der Waals surface area contributed by atoms with Gasteiger partial charge in [-0.15, -0.1) is 0 Å². The first-order valence-electron chi connectivity index (χ1n) is 4.66. The number of nitrogens with zero attached hydrogens (tertiary/aromatic N) is 1. The van der Waals surface area contributed by atoms with Crippen LogP contribution in [0.15, 0.2) is 47.0 Å². The molecule has 1 aliphatic carbocycles. The molecule has 1 aromatic carbocycles. The maximum atomic E-state index is 5.68. The van der Waals surface area contributed by atoms with Gasteiger partial charge in [0.2, 0.25) is 0 Å². The number of hydrogen-bond acceptors (Lipinski definition) is 2. The normalized spacial score (nSPS) is 22.4. The summed E-state index contributed by atoms with van der Waals surface area (Å²) in [7, 11) is 0. The standard InChI is InChI=1S/C12H10N2/c13-11-6-5-9-7-8-3-1-2-4-10(8)12(9)14-11/h1-7,12H,(H2,13,14). The third-order valence-corrected chi connectivity index (χ3v) is 2.65. The molecule has 0 bridgehead atoms. The van der Waals surface area contributed by atoms with Crippen molar-refractivity contribution in [2.24, 2.45) is 10.7 Å². The molecule has 3 rings (SSSR count). The lowest BCUT2D eigenvalue weighted by Gasteiger charge is -2.13. The van der Waals surface area contributed by atoms with Crippen molar-refractivity contribution < 1.29 is 0 Å². The van der Waals surface area contributed by atoms with Crippen LogP contribution in [0.25, 0.3) is 6.08 Å². The van der Waals surface area contributed by atoms with Gasteiger partial charge >= 0.3 is 0 Å². The van der Waals surface area contributed by atoms with E-state index in [-0.39, 0.29) is 6.04 Å². The molecule has 2 aliphatic rings. The van der Waals surface area contributed by atoms with Gasteiger partial charge in [0.25, 0.3) is 0 Å². The van der Waals surface area contributed by atoms with Gasteiger partial charge in [0.15, 0.2) is 0 Å². The highest BCUT2D eigenvalue weighted by Crippen LogP contribution is 2.38. The summed E-state index contributed by atoms with van der Waals surface area (Å²) in [6.45, 7) is 0. The molecule has 0 radical (unpaired) electrons. The molecule has 68 valence electrons. The molecule has 0 amide bonds. The summed E-state index contributed by atoms with van der Waals surface area (Å²) in [4.78, 5) is 4.42. The van der Waals surface area contributed by atoms with Crippen molar-refractivity contribution in [3.05, 3.63) is 53.1 Å². The minimum atomic E-state index is 0.135. The van der Waals surface area contributed by atoms with E-state index in [0.717, 1.165) is 0 Å². The van der Waals surface area contributed by atoms with Crippen LogP contribution in [0.5, 0.6) is 0 Å². The maximum absolute atomic E-state index is 5.68. The number of dihydropyridines is 1. The Morgan fingerprint density at radius 1 is 1.14 bits per heavy atom. The van der Waals surface area contributed by atoms with Gasteiger partial charge in [-0.05, 0) is 28.9 Å². The Hall–Kier alpha value is -1.83. The molecular formula is C12H10N2. The van der Waals surface area contributed by atoms with Crippen molar-refractivity contribution in [3.63, 3.8) is 0 Å². The van der Waals surface area contributed by atoms with Crippen LogP contribution in [0.4, 0.5) is 0 Å². The van der Waals surface area contributed by atoms with Crippen LogP contribution in [-0.2, 0) is 0 Å². The Kier molecular flexibility index (Phi) is 1.39. The quantitative estimate of drug-likeness (QED) is 0.655. The Morgan fingerprint density at radius 3 is 2.93 bits per heavy atom. The van der Waals surface area contributed by atoms with Crippen LogP contribution in [-0.4, -0.2) is 5.84 Å². The van der Waals surface area contributed by atoms with E-state index >= 15 is 0 Å². The summed E-state index contributed by atoms with van der Waals surface area (Å²) in [6, 6.07) is 8.44. The minimum Gasteiger partial charge on any atom is -0.384 e. The Labute approximate surface area is 82.5 Å². The highest BCUT2D eigenvalue weighted by Gasteiger charge is 2.24. The summed E-state index contributed by atoms with van der Waals surface area (Å²) >= 11 is 0. The molecular weight excluding hydrogens is 172 g/mol. The third-order valence-electron chi connectivity index (χ3n) is 2.65. The molecule has 1 aromatic rings. The molecule has 1 aliphatic heterocycles. The highest BCUT2D eigenvalue weighted by atomic mass is 14.9. The number of nitrogens with two attached hydrogens (primary N) is 1. The molecule has 2 N–H and O–H groups in total. The summed E-state index contributed by atoms with van der Waals surface area (Å²) in [5.41, 5.74) is 9.44. The lowest BCUT2D eigenvalue weighted by atomic mass is 10.0. The lowest BCUT2D eigenvalue weighted by Crippen LogP contribution is -2.13. The van der Waals surface area contributed by atoms with E-state index in [2.05, 4.69) is 23.2 Å². The van der Waals surface area contributed by atoms with Gasteiger partial charge < -0.3 is 5.73 Å². The minimum absolute atomic E-state index is 0.135. The summed E-state index contributed by atoms with van der Waals surface area (Å²) in [5, 5.41) is 0. The van der Waals surface area contributed by atoms with Crippen molar-refractivity contribution in [3.8, 4) is 0 Å². The van der Waals surface area contributed by atoms with Crippen LogP contribution in [0.3, 0.4) is 0 Å². The second kappa shape index (κ2) is 2.58. The highest BCUT2D eigenvalue weighted by molar-refractivity contribution is 5.94. The Balaban J connectivity index is 2.19. The fourth-order valence-corrected chi connectivity index (χ4v) is 1.99. The van der Waals surface area contributed by atoms with Gasteiger partial charge in [0.05, 0.1) is 0 Å². The van der Waals surface area contributed by atoms with E-state index < -0.39 is 0 Å². The molecule has 0 spiro atoms. The summed E-state index contributed by atoms with van der Waals surface area (Å²) in [5.74, 6) is 0.615. The molecule has 1 atom stereocenters. The summed E-state index contributed by atoms with van der Waals surface area (Å²) < 4.78 is 0. The van der Waals surface area contributed by atoms with Gasteiger partial charge in [-0.25, -0.2) is 0 Å². The first kappa shape index (κ1) is 7.56. The number of aliphatic imine (C=N–C) groups is 1. The molecule has 0 saturated carbocycles. The molecule has 2 nitrogen and oxygen atoms in total. The molecule has 0 saturated heterocycles. The first-order valence-corrected chi connectivity index (χ1v) is 4.66. The van der Waals surface area contributed by atoms with E-state index in [1.165, 1.54) is 16.7 Å². The largest absolute Gasteiger partial charge is 0.384 e. The number of amidine groups is 1. The zero-order valence-corrected chi connectivity index (χ0v) is 7.64. The first-order chi connectivity index (χ1) is 6.84. The van der Waals surface area contributed by atoms with Crippen molar-refractivity contribution >= 4 is 11.9 Å². The van der Waals surface area contributed by atoms with Crippen molar-refractivity contribution in [1.29, 1.82) is 0 Å². The zero-order chi connectivity index (χ0) is 9.54. The number of rotatable bonds is 0. The van der Waals surface area contributed by atoms with E-state index in [4.69, 9.17) is 5.73 Å². The Morgan fingerprint density at radius 2 is 2.00 bits per heavy atom. The predicted molar refractivity (Wildman–Crippen MR) is 57.9 cm³/mol. The van der Waals surface area contributed by atoms with E-state index in [9.17, 15) is 0 Å². The fourth-order valence-electron chi connectivity index (χ4n) is 1.99. The van der Waals surface area contributed by atoms with Crippen LogP contribution >= 0.6 is 0 Å². The Bertz CT molecular complexity index is 481. The molecule has 0 fully saturated rings. The van der Waals surface area contributed by atoms with Gasteiger partial charge in [-0.1, -0.05) is 30.3 Å². The van der Waals surface area contributed by atoms with Crippen molar-refractivity contribution in [1.82, 2.24) is 0 Å². The SMILES string of the molecule is NC1=NC2C(=Cc3ccccc32)C=C1. The van der Waals surface area contributed by atoms with Crippen LogP contribution < -0.4 is 5.73 Å². The lowest BCUT2D eigenvalue weighted by molar-refractivity contribution is 0.885. The maximum Gasteiger partial charge on any atom is 0.119 e. The zero-order valence-electron chi connectivity index (χ0n) is 7.64. The number of fused-ring (bicyclic) bond motifs is 3. The van der Waals surface area contributed by atoms with Crippen molar-refractivity contribution in [2.45, 2.75) is 6.04 Å². The van der Waals surface area contributed by atoms with Crippen molar-refractivity contribution in [2.75, 3.05) is 0 Å². The van der Waals surface area contributed by atoms with E-state index in [1.54, 1.807) is 0 Å². The van der Waals surface area contributed by atoms with E-state index in [0.29, 0.717) is 5.84 Å². The smallest absolute Gasteiger partial charge is 0.119 e. The number of hydrogen-bond donors (Lipinski definition) is 1. The average molecular weight is 182 g/mol.